The van der Waals surface area contributed by atoms with Crippen molar-refractivity contribution in [1.82, 2.24) is 9.97 Å². The van der Waals surface area contributed by atoms with Gasteiger partial charge < -0.3 is 10.6 Å². The highest BCUT2D eigenvalue weighted by atomic mass is 16.1. The van der Waals surface area contributed by atoms with Gasteiger partial charge in [0.2, 0.25) is 0 Å². The van der Waals surface area contributed by atoms with Crippen molar-refractivity contribution in [3.63, 3.8) is 0 Å². The van der Waals surface area contributed by atoms with Crippen LogP contribution < -0.4 is 10.6 Å². The van der Waals surface area contributed by atoms with Crippen molar-refractivity contribution in [1.29, 1.82) is 0 Å². The molecule has 2 heterocycles. The van der Waals surface area contributed by atoms with E-state index in [1.165, 1.54) is 0 Å². The summed E-state index contributed by atoms with van der Waals surface area (Å²) >= 11 is 0. The zero-order valence-corrected chi connectivity index (χ0v) is 17.7. The number of hydrogen-bond acceptors (Lipinski definition) is 5. The Morgan fingerprint density at radius 2 is 1.25 bits per heavy atom. The van der Waals surface area contributed by atoms with Crippen molar-refractivity contribution in [2.75, 3.05) is 10.6 Å². The molecule has 152 valence electrons. The first kappa shape index (κ1) is 21.9. The number of aryl methyl sites for hydroxylation is 2. The first-order chi connectivity index (χ1) is 13.4. The van der Waals surface area contributed by atoms with Gasteiger partial charge in [-0.1, -0.05) is 0 Å². The summed E-state index contributed by atoms with van der Waals surface area (Å²) in [6.07, 6.45) is 8.27. The Morgan fingerprint density at radius 1 is 0.821 bits per heavy atom. The van der Waals surface area contributed by atoms with Gasteiger partial charge in [0, 0.05) is 60.1 Å². The Kier molecular flexibility index (Phi) is 8.92. The lowest BCUT2D eigenvalue weighted by Crippen LogP contribution is -2.10. The Balaban J connectivity index is 1.68. The van der Waals surface area contributed by atoms with Gasteiger partial charge >= 0.3 is 0 Å². The van der Waals surface area contributed by atoms with Gasteiger partial charge in [-0.2, -0.15) is 0 Å². The number of hydrogen-bond donors (Lipinski definition) is 2. The molecule has 2 aromatic heterocycles. The van der Waals surface area contributed by atoms with Crippen LogP contribution in [0.1, 0.15) is 64.8 Å². The molecule has 2 rings (SSSR count). The average molecular weight is 383 g/mol. The molecule has 0 saturated heterocycles. The number of rotatable bonds is 12. The molecule has 0 aromatic carbocycles. The van der Waals surface area contributed by atoms with Crippen LogP contribution in [0.2, 0.25) is 0 Å². The highest BCUT2D eigenvalue weighted by Gasteiger charge is 2.06. The van der Waals surface area contributed by atoms with E-state index in [-0.39, 0.29) is 0 Å². The van der Waals surface area contributed by atoms with Crippen LogP contribution in [0.4, 0.5) is 11.4 Å². The Bertz CT molecular complexity index is 681. The van der Waals surface area contributed by atoms with Gasteiger partial charge in [-0.25, -0.2) is 0 Å². The van der Waals surface area contributed by atoms with Crippen LogP contribution in [-0.2, 0) is 17.6 Å². The second kappa shape index (κ2) is 11.4. The van der Waals surface area contributed by atoms with E-state index in [1.54, 1.807) is 0 Å². The molecule has 5 heteroatoms. The molecule has 0 radical (unpaired) electrons. The minimum atomic E-state index is 0.327. The molecule has 2 N–H and O–H groups in total. The Morgan fingerprint density at radius 3 is 1.64 bits per heavy atom. The van der Waals surface area contributed by atoms with Crippen LogP contribution in [0.3, 0.4) is 0 Å². The van der Waals surface area contributed by atoms with Crippen molar-refractivity contribution >= 4 is 17.2 Å². The molecular weight excluding hydrogens is 348 g/mol. The summed E-state index contributed by atoms with van der Waals surface area (Å²) in [6.45, 7) is 8.47. The van der Waals surface area contributed by atoms with Crippen molar-refractivity contribution in [3.05, 3.63) is 48.0 Å². The van der Waals surface area contributed by atoms with Gasteiger partial charge in [0.15, 0.2) is 0 Å². The van der Waals surface area contributed by atoms with E-state index in [0.717, 1.165) is 48.4 Å². The lowest BCUT2D eigenvalue weighted by Gasteiger charge is -2.11. The van der Waals surface area contributed by atoms with Crippen LogP contribution in [0, 0.1) is 0 Å². The molecule has 0 fully saturated rings. The van der Waals surface area contributed by atoms with Crippen LogP contribution in [0.15, 0.2) is 36.7 Å². The van der Waals surface area contributed by atoms with E-state index in [4.69, 9.17) is 0 Å². The van der Waals surface area contributed by atoms with E-state index < -0.39 is 0 Å². The monoisotopic (exact) mass is 382 g/mol. The quantitative estimate of drug-likeness (QED) is 0.539. The Labute approximate surface area is 169 Å². The minimum Gasteiger partial charge on any atom is -0.383 e. The number of aromatic nitrogens is 2. The first-order valence-electron chi connectivity index (χ1n) is 10.4. The fourth-order valence-corrected chi connectivity index (χ4v) is 3.13. The molecule has 28 heavy (non-hydrogen) atoms. The summed E-state index contributed by atoms with van der Waals surface area (Å²) in [5.74, 6) is 0.327. The molecule has 0 bridgehead atoms. The van der Waals surface area contributed by atoms with E-state index in [9.17, 15) is 4.79 Å². The average Bonchev–Trinajstić information content (AvgIpc) is 2.61. The van der Waals surface area contributed by atoms with E-state index in [1.807, 2.05) is 24.5 Å². The SMILES string of the molecule is CC(C)Nc1ccnc(CCCC(=O)CCCc2cc(NC(C)C)ccn2)c1. The summed E-state index contributed by atoms with van der Waals surface area (Å²) in [4.78, 5) is 21.0. The number of carbonyl (C=O) groups excluding carboxylic acids is 1. The van der Waals surface area contributed by atoms with Crippen LogP contribution >= 0.6 is 0 Å². The largest absolute Gasteiger partial charge is 0.383 e. The minimum absolute atomic E-state index is 0.327. The van der Waals surface area contributed by atoms with Gasteiger partial charge in [0.1, 0.15) is 5.78 Å². The third-order valence-corrected chi connectivity index (χ3v) is 4.32. The molecule has 0 aliphatic carbocycles. The van der Waals surface area contributed by atoms with E-state index in [2.05, 4.69) is 60.4 Å². The van der Waals surface area contributed by atoms with Crippen LogP contribution in [-0.4, -0.2) is 27.8 Å². The third kappa shape index (κ3) is 8.51. The number of pyridine rings is 2. The molecule has 0 atom stereocenters. The maximum Gasteiger partial charge on any atom is 0.132 e. The number of nitrogens with zero attached hydrogens (tertiary/aromatic N) is 2. The second-order valence-corrected chi connectivity index (χ2v) is 7.92. The fourth-order valence-electron chi connectivity index (χ4n) is 3.13. The summed E-state index contributed by atoms with van der Waals surface area (Å²) in [7, 11) is 0. The molecule has 0 saturated carbocycles. The normalized spacial score (nSPS) is 11.1. The number of ketones is 1. The second-order valence-electron chi connectivity index (χ2n) is 7.92. The molecular formula is C23H34N4O. The molecule has 5 nitrogen and oxygen atoms in total. The standard InChI is InChI=1S/C23H34N4O/c1-17(2)26-21-11-13-24-19(15-21)7-5-9-23(28)10-6-8-20-16-22(12-14-25-20)27-18(3)4/h11-18H,5-10H2,1-4H3,(H,24,26)(H,25,27). The summed E-state index contributed by atoms with van der Waals surface area (Å²) in [5, 5.41) is 6.77. The zero-order valence-electron chi connectivity index (χ0n) is 17.7. The number of Topliss-reactive ketones (excluding diaryl/α,β-unsaturated/α-hetero) is 1. The van der Waals surface area contributed by atoms with Crippen LogP contribution in [0.5, 0.6) is 0 Å². The summed E-state index contributed by atoms with van der Waals surface area (Å²) < 4.78 is 0. The van der Waals surface area contributed by atoms with Crippen molar-refractivity contribution < 1.29 is 4.79 Å². The highest BCUT2D eigenvalue weighted by molar-refractivity contribution is 5.78. The van der Waals surface area contributed by atoms with Gasteiger partial charge in [-0.3, -0.25) is 14.8 Å². The third-order valence-electron chi connectivity index (χ3n) is 4.32. The molecule has 0 aliphatic heterocycles. The van der Waals surface area contributed by atoms with Crippen molar-refractivity contribution in [2.45, 2.75) is 78.3 Å². The molecule has 2 aromatic rings. The smallest absolute Gasteiger partial charge is 0.132 e. The zero-order chi connectivity index (χ0) is 20.4. The maximum atomic E-state index is 12.2. The van der Waals surface area contributed by atoms with Crippen molar-refractivity contribution in [2.24, 2.45) is 0 Å². The molecule has 0 unspecified atom stereocenters. The fraction of sp³-hybridized carbons (Fsp3) is 0.522. The number of carbonyl (C=O) groups is 1. The summed E-state index contributed by atoms with van der Waals surface area (Å²) in [6, 6.07) is 8.91. The van der Waals surface area contributed by atoms with E-state index in [0.29, 0.717) is 30.7 Å². The predicted octanol–water partition coefficient (Wildman–Crippen LogP) is 5.03. The topological polar surface area (TPSA) is 66.9 Å². The lowest BCUT2D eigenvalue weighted by atomic mass is 10.0. The summed E-state index contributed by atoms with van der Waals surface area (Å²) in [5.41, 5.74) is 4.26. The molecule has 0 aliphatic rings. The first-order valence-corrected chi connectivity index (χ1v) is 10.4. The van der Waals surface area contributed by atoms with Gasteiger partial charge in [-0.15, -0.1) is 0 Å². The molecule has 0 spiro atoms. The maximum absolute atomic E-state index is 12.2. The molecule has 0 amide bonds. The van der Waals surface area contributed by atoms with Gasteiger partial charge in [-0.05, 0) is 77.6 Å². The Hall–Kier alpha value is -2.43. The van der Waals surface area contributed by atoms with Crippen molar-refractivity contribution in [3.8, 4) is 0 Å². The van der Waals surface area contributed by atoms with E-state index >= 15 is 0 Å². The van der Waals surface area contributed by atoms with Gasteiger partial charge in [0.05, 0.1) is 0 Å². The number of anilines is 2. The van der Waals surface area contributed by atoms with Crippen LogP contribution in [0.25, 0.3) is 0 Å². The highest BCUT2D eigenvalue weighted by Crippen LogP contribution is 2.14. The predicted molar refractivity (Wildman–Crippen MR) is 117 cm³/mol. The van der Waals surface area contributed by atoms with Gasteiger partial charge in [0.25, 0.3) is 0 Å². The lowest BCUT2D eigenvalue weighted by molar-refractivity contribution is -0.119. The number of nitrogens with one attached hydrogen (secondary N) is 2.